The molecule has 6 heteroatoms. The van der Waals surface area contributed by atoms with Crippen molar-refractivity contribution in [2.24, 2.45) is 0 Å². The minimum absolute atomic E-state index is 0.0670. The second-order valence-corrected chi connectivity index (χ2v) is 5.54. The van der Waals surface area contributed by atoms with Crippen LogP contribution in [0.2, 0.25) is 0 Å². The van der Waals surface area contributed by atoms with Crippen LogP contribution >= 0.6 is 0 Å². The number of halogens is 1. The van der Waals surface area contributed by atoms with Crippen molar-refractivity contribution in [2.75, 3.05) is 21.3 Å². The lowest BCUT2D eigenvalue weighted by molar-refractivity contribution is -0.121. The molecule has 0 saturated carbocycles. The molecule has 134 valence electrons. The van der Waals surface area contributed by atoms with E-state index >= 15 is 0 Å². The number of ether oxygens (including phenoxy) is 3. The molecule has 0 spiro atoms. The molecule has 25 heavy (non-hydrogen) atoms. The van der Waals surface area contributed by atoms with Crippen LogP contribution in [0.5, 0.6) is 17.2 Å². The first-order valence-corrected chi connectivity index (χ1v) is 7.82. The van der Waals surface area contributed by atoms with Gasteiger partial charge in [-0.05, 0) is 42.8 Å². The average Bonchev–Trinajstić information content (AvgIpc) is 2.61. The maximum absolute atomic E-state index is 13.7. The third-order valence-electron chi connectivity index (χ3n) is 3.86. The molecule has 0 aliphatic heterocycles. The van der Waals surface area contributed by atoms with Crippen molar-refractivity contribution in [3.8, 4) is 17.2 Å². The van der Waals surface area contributed by atoms with Crippen molar-refractivity contribution in [1.29, 1.82) is 0 Å². The van der Waals surface area contributed by atoms with Gasteiger partial charge in [0.1, 0.15) is 11.5 Å². The minimum atomic E-state index is -0.490. The van der Waals surface area contributed by atoms with E-state index in [1.165, 1.54) is 19.2 Å². The lowest BCUT2D eigenvalue weighted by atomic mass is 10.1. The molecule has 0 aliphatic rings. The van der Waals surface area contributed by atoms with Crippen molar-refractivity contribution in [1.82, 2.24) is 5.32 Å². The second kappa shape index (κ2) is 8.37. The largest absolute Gasteiger partial charge is 0.497 e. The zero-order chi connectivity index (χ0) is 18.4. The van der Waals surface area contributed by atoms with E-state index in [9.17, 15) is 9.18 Å². The van der Waals surface area contributed by atoms with Gasteiger partial charge in [-0.1, -0.05) is 6.07 Å². The molecule has 0 radical (unpaired) electrons. The summed E-state index contributed by atoms with van der Waals surface area (Å²) in [7, 11) is 4.54. The standard InChI is InChI=1S/C19H22FNO4/c1-12(15-11-14(23-2)6-8-17(15)24-3)21-19(22)10-13-5-7-18(25-4)16(20)9-13/h5-9,11-12H,10H2,1-4H3,(H,21,22). The van der Waals surface area contributed by atoms with Crippen LogP contribution in [0.1, 0.15) is 24.1 Å². The SMILES string of the molecule is COc1ccc(OC)c(C(C)NC(=O)Cc2ccc(OC)c(F)c2)c1. The molecule has 1 atom stereocenters. The summed E-state index contributed by atoms with van der Waals surface area (Å²) in [5.41, 5.74) is 1.37. The van der Waals surface area contributed by atoms with Gasteiger partial charge < -0.3 is 19.5 Å². The predicted octanol–water partition coefficient (Wildman–Crippen LogP) is 3.27. The monoisotopic (exact) mass is 347 g/mol. The quantitative estimate of drug-likeness (QED) is 0.835. The van der Waals surface area contributed by atoms with Gasteiger partial charge in [0.15, 0.2) is 11.6 Å². The molecule has 2 aromatic carbocycles. The van der Waals surface area contributed by atoms with Gasteiger partial charge in [-0.3, -0.25) is 4.79 Å². The van der Waals surface area contributed by atoms with E-state index in [-0.39, 0.29) is 24.1 Å². The van der Waals surface area contributed by atoms with Crippen molar-refractivity contribution in [3.63, 3.8) is 0 Å². The first-order chi connectivity index (χ1) is 12.0. The average molecular weight is 347 g/mol. The van der Waals surface area contributed by atoms with Gasteiger partial charge in [-0.2, -0.15) is 0 Å². The number of carbonyl (C=O) groups excluding carboxylic acids is 1. The summed E-state index contributed by atoms with van der Waals surface area (Å²) in [5, 5.41) is 2.89. The van der Waals surface area contributed by atoms with Crippen molar-refractivity contribution < 1.29 is 23.4 Å². The van der Waals surface area contributed by atoms with Gasteiger partial charge in [-0.25, -0.2) is 4.39 Å². The highest BCUT2D eigenvalue weighted by molar-refractivity contribution is 5.79. The van der Waals surface area contributed by atoms with E-state index in [2.05, 4.69) is 5.32 Å². The van der Waals surface area contributed by atoms with Crippen molar-refractivity contribution >= 4 is 5.91 Å². The van der Waals surface area contributed by atoms with Crippen LogP contribution in [-0.2, 0) is 11.2 Å². The van der Waals surface area contributed by atoms with E-state index in [0.717, 1.165) is 5.56 Å². The molecular weight excluding hydrogens is 325 g/mol. The fraction of sp³-hybridized carbons (Fsp3) is 0.316. The van der Waals surface area contributed by atoms with Crippen LogP contribution in [0.3, 0.4) is 0 Å². The number of hydrogen-bond acceptors (Lipinski definition) is 4. The molecule has 1 N–H and O–H groups in total. The molecule has 0 bridgehead atoms. The number of nitrogens with one attached hydrogen (secondary N) is 1. The zero-order valence-electron chi connectivity index (χ0n) is 14.8. The Morgan fingerprint density at radius 2 is 1.72 bits per heavy atom. The fourth-order valence-corrected chi connectivity index (χ4v) is 2.55. The van der Waals surface area contributed by atoms with Gasteiger partial charge in [-0.15, -0.1) is 0 Å². The molecule has 0 heterocycles. The van der Waals surface area contributed by atoms with Gasteiger partial charge in [0, 0.05) is 5.56 Å². The first kappa shape index (κ1) is 18.6. The van der Waals surface area contributed by atoms with Crippen LogP contribution in [0.15, 0.2) is 36.4 Å². The highest BCUT2D eigenvalue weighted by Gasteiger charge is 2.16. The van der Waals surface area contributed by atoms with E-state index < -0.39 is 5.82 Å². The number of hydrogen-bond donors (Lipinski definition) is 1. The Labute approximate surface area is 146 Å². The Bertz CT molecular complexity index is 748. The number of benzene rings is 2. The Morgan fingerprint density at radius 1 is 1.04 bits per heavy atom. The highest BCUT2D eigenvalue weighted by atomic mass is 19.1. The molecule has 1 amide bonds. The normalized spacial score (nSPS) is 11.6. The van der Waals surface area contributed by atoms with E-state index in [4.69, 9.17) is 14.2 Å². The Kier molecular flexibility index (Phi) is 6.22. The number of amides is 1. The lowest BCUT2D eigenvalue weighted by Gasteiger charge is -2.18. The Hall–Kier alpha value is -2.76. The summed E-state index contributed by atoms with van der Waals surface area (Å²) in [6.45, 7) is 1.85. The van der Waals surface area contributed by atoms with Crippen LogP contribution in [0.25, 0.3) is 0 Å². The molecule has 1 unspecified atom stereocenters. The van der Waals surface area contributed by atoms with E-state index in [0.29, 0.717) is 17.1 Å². The lowest BCUT2D eigenvalue weighted by Crippen LogP contribution is -2.28. The molecule has 0 fully saturated rings. The maximum atomic E-state index is 13.7. The van der Waals surface area contributed by atoms with Gasteiger partial charge in [0.25, 0.3) is 0 Å². The molecule has 0 aromatic heterocycles. The summed E-state index contributed by atoms with van der Waals surface area (Å²) in [6, 6.07) is 9.57. The van der Waals surface area contributed by atoms with Gasteiger partial charge >= 0.3 is 0 Å². The molecule has 2 rings (SSSR count). The summed E-state index contributed by atoms with van der Waals surface area (Å²) in [4.78, 5) is 12.3. The Balaban J connectivity index is 2.08. The molecule has 0 aliphatic carbocycles. The zero-order valence-corrected chi connectivity index (χ0v) is 14.8. The van der Waals surface area contributed by atoms with Crippen LogP contribution < -0.4 is 19.5 Å². The number of rotatable bonds is 7. The molecular formula is C19H22FNO4. The third kappa shape index (κ3) is 4.62. The van der Waals surface area contributed by atoms with E-state index in [1.807, 2.05) is 13.0 Å². The summed E-state index contributed by atoms with van der Waals surface area (Å²) < 4.78 is 29.2. The number of methoxy groups -OCH3 is 3. The highest BCUT2D eigenvalue weighted by Crippen LogP contribution is 2.29. The topological polar surface area (TPSA) is 56.8 Å². The van der Waals surface area contributed by atoms with Crippen LogP contribution in [0, 0.1) is 5.82 Å². The molecule has 2 aromatic rings. The third-order valence-corrected chi connectivity index (χ3v) is 3.86. The van der Waals surface area contributed by atoms with Crippen molar-refractivity contribution in [3.05, 3.63) is 53.3 Å². The molecule has 0 saturated heterocycles. The van der Waals surface area contributed by atoms with Gasteiger partial charge in [0.05, 0.1) is 33.8 Å². The maximum Gasteiger partial charge on any atom is 0.224 e. The van der Waals surface area contributed by atoms with Crippen molar-refractivity contribution in [2.45, 2.75) is 19.4 Å². The van der Waals surface area contributed by atoms with Crippen LogP contribution in [0.4, 0.5) is 4.39 Å². The second-order valence-electron chi connectivity index (χ2n) is 5.54. The first-order valence-electron chi connectivity index (χ1n) is 7.82. The minimum Gasteiger partial charge on any atom is -0.497 e. The van der Waals surface area contributed by atoms with Gasteiger partial charge in [0.2, 0.25) is 5.91 Å². The summed E-state index contributed by atoms with van der Waals surface area (Å²) in [6.07, 6.45) is 0.0670. The van der Waals surface area contributed by atoms with Crippen LogP contribution in [-0.4, -0.2) is 27.2 Å². The fourth-order valence-electron chi connectivity index (χ4n) is 2.55. The number of carbonyl (C=O) groups is 1. The Morgan fingerprint density at radius 3 is 2.32 bits per heavy atom. The predicted molar refractivity (Wildman–Crippen MR) is 92.8 cm³/mol. The molecule has 5 nitrogen and oxygen atoms in total. The van der Waals surface area contributed by atoms with E-state index in [1.54, 1.807) is 32.4 Å². The summed E-state index contributed by atoms with van der Waals surface area (Å²) >= 11 is 0. The summed E-state index contributed by atoms with van der Waals surface area (Å²) in [5.74, 6) is 0.772. The smallest absolute Gasteiger partial charge is 0.224 e.